The molecular weight excluding hydrogens is 1360 g/mol. The van der Waals surface area contributed by atoms with Crippen LogP contribution in [-0.4, -0.2) is 0 Å². The fourth-order valence-electron chi connectivity index (χ4n) is 17.4. The smallest absolute Gasteiger partial charge is 0.143 e. The van der Waals surface area contributed by atoms with E-state index in [1.807, 2.05) is 36.4 Å². The van der Waals surface area contributed by atoms with E-state index in [1.165, 1.54) is 77.2 Å². The molecule has 0 saturated heterocycles. The lowest BCUT2D eigenvalue weighted by molar-refractivity contribution is 0.660. The summed E-state index contributed by atoms with van der Waals surface area (Å²) in [4.78, 5) is 4.73. The molecule has 0 fully saturated rings. The van der Waals surface area contributed by atoms with Crippen molar-refractivity contribution in [3.8, 4) is 77.9 Å². The van der Waals surface area contributed by atoms with Gasteiger partial charge < -0.3 is 23.1 Å². The molecule has 3 heterocycles. The largest absolute Gasteiger partial charge is 0.455 e. The van der Waals surface area contributed by atoms with Gasteiger partial charge in [-0.05, 0) is 179 Å². The SMILES string of the molecule is CC1(C)c2ccccc2-c2ccc(-c3ccc(N(c4ccc(-c5cccc6c5oc5ccccc56)cc4)c4ccc(-c5cccc6c5oc5ccccc56)cc4)cc3)cc21.c1ccc(-c2ccc(-c3ccc(N(c4ccc(-c5cccc6c5oc5ccccc56)cc4)c4cc5ccccc5c5ccccc45)cc3)cc2)cc1. The fraction of sp³-hybridized carbons (Fsp3) is 0.0280. The Balaban J connectivity index is 0.000000143. The summed E-state index contributed by atoms with van der Waals surface area (Å²) in [6, 6.07) is 144. The van der Waals surface area contributed by atoms with Gasteiger partial charge in [-0.15, -0.1) is 0 Å². The summed E-state index contributed by atoms with van der Waals surface area (Å²) in [7, 11) is 0. The second kappa shape index (κ2) is 27.0. The number of para-hydroxylation sites is 6. The quantitative estimate of drug-likeness (QED) is 0.114. The van der Waals surface area contributed by atoms with E-state index in [0.29, 0.717) is 0 Å². The van der Waals surface area contributed by atoms with Gasteiger partial charge >= 0.3 is 0 Å². The van der Waals surface area contributed by atoms with E-state index in [4.69, 9.17) is 13.3 Å². The topological polar surface area (TPSA) is 45.9 Å². The molecule has 18 aromatic carbocycles. The molecule has 0 saturated carbocycles. The van der Waals surface area contributed by atoms with Gasteiger partial charge in [0.25, 0.3) is 0 Å². The fourth-order valence-corrected chi connectivity index (χ4v) is 17.4. The number of anilines is 6. The first-order valence-corrected chi connectivity index (χ1v) is 38.4. The van der Waals surface area contributed by atoms with Crippen molar-refractivity contribution >= 4 is 121 Å². The zero-order valence-corrected chi connectivity index (χ0v) is 61.7. The van der Waals surface area contributed by atoms with E-state index in [1.54, 1.807) is 0 Å². The highest BCUT2D eigenvalue weighted by atomic mass is 16.3. The van der Waals surface area contributed by atoms with E-state index in [-0.39, 0.29) is 5.41 Å². The number of nitrogens with zero attached hydrogens (tertiary/aromatic N) is 2. The number of hydrogen-bond donors (Lipinski definition) is 0. The summed E-state index contributed by atoms with van der Waals surface area (Å²) in [5, 5.41) is 11.7. The average Bonchev–Trinajstić information content (AvgIpc) is 1.51. The second-order valence-corrected chi connectivity index (χ2v) is 29.8. The second-order valence-electron chi connectivity index (χ2n) is 29.8. The van der Waals surface area contributed by atoms with Gasteiger partial charge in [0.1, 0.15) is 33.5 Å². The van der Waals surface area contributed by atoms with E-state index in [2.05, 4.69) is 388 Å². The van der Waals surface area contributed by atoms with Crippen LogP contribution in [0.15, 0.2) is 414 Å². The van der Waals surface area contributed by atoms with Gasteiger partial charge in [-0.1, -0.05) is 323 Å². The lowest BCUT2D eigenvalue weighted by Crippen LogP contribution is -2.14. The summed E-state index contributed by atoms with van der Waals surface area (Å²) < 4.78 is 19.3. The minimum Gasteiger partial charge on any atom is -0.455 e. The first-order valence-electron chi connectivity index (χ1n) is 38.4. The van der Waals surface area contributed by atoms with Crippen molar-refractivity contribution < 1.29 is 13.3 Å². The van der Waals surface area contributed by atoms with Crippen molar-refractivity contribution in [1.29, 1.82) is 0 Å². The lowest BCUT2D eigenvalue weighted by Gasteiger charge is -2.28. The number of rotatable bonds is 12. The monoisotopic (exact) mass is 1430 g/mol. The predicted molar refractivity (Wildman–Crippen MR) is 469 cm³/mol. The van der Waals surface area contributed by atoms with Crippen LogP contribution in [-0.2, 0) is 5.41 Å². The molecule has 0 amide bonds. The van der Waals surface area contributed by atoms with Gasteiger partial charge in [0.15, 0.2) is 0 Å². The van der Waals surface area contributed by atoms with Crippen LogP contribution in [0.2, 0.25) is 0 Å². The van der Waals surface area contributed by atoms with Crippen molar-refractivity contribution in [1.82, 2.24) is 0 Å². The number of fused-ring (bicyclic) bond motifs is 15. The molecule has 0 radical (unpaired) electrons. The standard InChI is InChI=1S/C57H39NO2.C50H33NO/c1-57(2)51-18-6-3-11-45(51)46-34-27-39(35-52(46)57)36-21-28-40(29-22-36)58(41-30-23-37(24-31-41)43-14-9-16-49-47-12-4-7-19-53(47)59-55(43)49)42-32-25-38(26-33-42)44-15-10-17-50-48-13-5-8-20-54(48)60-56(44)50;1-2-11-34(12-3-1)35-21-23-36(24-22-35)37-25-29-40(30-26-37)51(48-33-39-13-4-5-14-42(39)44-15-6-7-16-45(44)48)41-31-27-38(28-32-41)43-18-10-19-47-46-17-8-9-20-49(46)52-50(43)47/h3-35H,1-2H3;1-33H. The highest BCUT2D eigenvalue weighted by Crippen LogP contribution is 2.51. The molecule has 5 heteroatoms. The number of furan rings is 3. The summed E-state index contributed by atoms with van der Waals surface area (Å²) in [6.45, 7) is 4.68. The molecule has 22 rings (SSSR count). The molecule has 0 aliphatic heterocycles. The van der Waals surface area contributed by atoms with Crippen LogP contribution in [0.25, 0.3) is 165 Å². The van der Waals surface area contributed by atoms with Gasteiger partial charge in [-0.2, -0.15) is 0 Å². The van der Waals surface area contributed by atoms with Crippen LogP contribution in [0.4, 0.5) is 34.1 Å². The van der Waals surface area contributed by atoms with Crippen LogP contribution in [0.5, 0.6) is 0 Å². The van der Waals surface area contributed by atoms with Gasteiger partial charge in [-0.3, -0.25) is 0 Å². The maximum Gasteiger partial charge on any atom is 0.143 e. The van der Waals surface area contributed by atoms with E-state index < -0.39 is 0 Å². The zero-order valence-electron chi connectivity index (χ0n) is 61.7. The Morgan fingerprint density at radius 2 is 0.509 bits per heavy atom. The maximum absolute atomic E-state index is 6.43. The van der Waals surface area contributed by atoms with Crippen LogP contribution in [0.1, 0.15) is 25.0 Å². The van der Waals surface area contributed by atoms with Crippen molar-refractivity contribution in [2.24, 2.45) is 0 Å². The van der Waals surface area contributed by atoms with Gasteiger partial charge in [0.05, 0.1) is 5.69 Å². The van der Waals surface area contributed by atoms with Crippen LogP contribution in [0, 0.1) is 0 Å². The molecule has 528 valence electrons. The molecule has 0 atom stereocenters. The summed E-state index contributed by atoms with van der Waals surface area (Å²) in [5.41, 5.74) is 31.2. The molecule has 112 heavy (non-hydrogen) atoms. The van der Waals surface area contributed by atoms with E-state index in [9.17, 15) is 0 Å². The first-order chi connectivity index (χ1) is 55.3. The first kappa shape index (κ1) is 65.7. The number of hydrogen-bond acceptors (Lipinski definition) is 5. The van der Waals surface area contributed by atoms with Crippen molar-refractivity contribution in [2.75, 3.05) is 9.80 Å². The van der Waals surface area contributed by atoms with Gasteiger partial charge in [0, 0.05) is 88.2 Å². The molecule has 5 nitrogen and oxygen atoms in total. The van der Waals surface area contributed by atoms with Crippen LogP contribution >= 0.6 is 0 Å². The van der Waals surface area contributed by atoms with E-state index >= 15 is 0 Å². The molecule has 1 aliphatic rings. The highest BCUT2D eigenvalue weighted by molar-refractivity contribution is 6.16. The Labute approximate surface area is 649 Å². The highest BCUT2D eigenvalue weighted by Gasteiger charge is 2.35. The third kappa shape index (κ3) is 11.3. The molecular formula is C107H72N2O3. The Bertz CT molecular complexity index is 7010. The Hall–Kier alpha value is -14.5. The minimum absolute atomic E-state index is 0.0527. The van der Waals surface area contributed by atoms with Crippen LogP contribution in [0.3, 0.4) is 0 Å². The van der Waals surface area contributed by atoms with Crippen LogP contribution < -0.4 is 9.80 Å². The molecule has 0 N–H and O–H groups in total. The Kier molecular flexibility index (Phi) is 15.9. The van der Waals surface area contributed by atoms with Gasteiger partial charge in [0.2, 0.25) is 0 Å². The van der Waals surface area contributed by atoms with Gasteiger partial charge in [-0.25, -0.2) is 0 Å². The van der Waals surface area contributed by atoms with Crippen molar-refractivity contribution in [2.45, 2.75) is 19.3 Å². The van der Waals surface area contributed by atoms with Crippen molar-refractivity contribution in [3.05, 3.63) is 412 Å². The van der Waals surface area contributed by atoms with E-state index in [0.717, 1.165) is 133 Å². The normalized spacial score (nSPS) is 12.3. The maximum atomic E-state index is 6.43. The molecule has 0 unspecified atom stereocenters. The third-order valence-corrected chi connectivity index (χ3v) is 23.0. The molecule has 3 aromatic heterocycles. The lowest BCUT2D eigenvalue weighted by atomic mass is 9.81. The third-order valence-electron chi connectivity index (χ3n) is 23.0. The molecule has 0 bridgehead atoms. The minimum atomic E-state index is -0.0527. The van der Waals surface area contributed by atoms with Crippen molar-refractivity contribution in [3.63, 3.8) is 0 Å². The summed E-state index contributed by atoms with van der Waals surface area (Å²) >= 11 is 0. The predicted octanol–water partition coefficient (Wildman–Crippen LogP) is 30.6. The Morgan fingerprint density at radius 3 is 0.973 bits per heavy atom. The molecule has 1 aliphatic carbocycles. The Morgan fingerprint density at radius 1 is 0.196 bits per heavy atom. The molecule has 0 spiro atoms. The molecule has 21 aromatic rings. The average molecular weight is 1430 g/mol. The summed E-state index contributed by atoms with van der Waals surface area (Å²) in [5.74, 6) is 0. The number of benzene rings is 18. The zero-order chi connectivity index (χ0) is 74.4. The summed E-state index contributed by atoms with van der Waals surface area (Å²) in [6.07, 6.45) is 0.